The van der Waals surface area contributed by atoms with Crippen LogP contribution in [0, 0.1) is 22.7 Å². The highest BCUT2D eigenvalue weighted by molar-refractivity contribution is 6.12. The van der Waals surface area contributed by atoms with Gasteiger partial charge in [-0.1, -0.05) is 84.9 Å². The molecule has 0 atom stereocenters. The third kappa shape index (κ3) is 4.14. The number of benzene rings is 7. The van der Waals surface area contributed by atoms with Crippen molar-refractivity contribution in [3.8, 4) is 45.8 Å². The molecule has 0 aliphatic rings. The highest BCUT2D eigenvalue weighted by Crippen LogP contribution is 2.41. The molecule has 0 fully saturated rings. The van der Waals surface area contributed by atoms with E-state index in [1.165, 1.54) is 21.8 Å². The fourth-order valence-electron chi connectivity index (χ4n) is 7.27. The summed E-state index contributed by atoms with van der Waals surface area (Å²) in [6, 6.07) is 59.1. The van der Waals surface area contributed by atoms with Crippen molar-refractivity contribution in [2.75, 3.05) is 0 Å². The van der Waals surface area contributed by atoms with Crippen molar-refractivity contribution in [2.24, 2.45) is 0 Å². The van der Waals surface area contributed by atoms with Crippen molar-refractivity contribution < 1.29 is 0 Å². The van der Waals surface area contributed by atoms with Gasteiger partial charge < -0.3 is 9.13 Å². The van der Waals surface area contributed by atoms with Crippen LogP contribution >= 0.6 is 0 Å². The maximum Gasteiger partial charge on any atom is 0.0991 e. The molecule has 0 N–H and O–H groups in total. The van der Waals surface area contributed by atoms with Crippen LogP contribution in [0.3, 0.4) is 0 Å². The predicted octanol–water partition coefficient (Wildman–Crippen LogP) is 11.0. The standard InChI is InChI=1S/C44H26N4/c45-27-29-17-21-32(22-18-29)47-43-23-19-30(28-46)25-38(43)39-26-31(20-24-44(39)47)33-9-1-2-10-34(33)35-11-3-6-14-40(35)48-41-15-7-4-12-36(41)37-13-5-8-16-42(37)48/h1-26H. The number of para-hydroxylation sites is 3. The first-order chi connectivity index (χ1) is 23.7. The first-order valence-corrected chi connectivity index (χ1v) is 15.9. The second kappa shape index (κ2) is 10.9. The summed E-state index contributed by atoms with van der Waals surface area (Å²) >= 11 is 0. The normalized spacial score (nSPS) is 11.3. The van der Waals surface area contributed by atoms with Gasteiger partial charge >= 0.3 is 0 Å². The van der Waals surface area contributed by atoms with E-state index in [1.54, 1.807) is 0 Å². The lowest BCUT2D eigenvalue weighted by Crippen LogP contribution is -1.98. The highest BCUT2D eigenvalue weighted by Gasteiger charge is 2.19. The Hall–Kier alpha value is -6.88. The van der Waals surface area contributed by atoms with Crippen LogP contribution in [0.2, 0.25) is 0 Å². The Labute approximate surface area is 277 Å². The minimum absolute atomic E-state index is 0.617. The smallest absolute Gasteiger partial charge is 0.0991 e. The van der Waals surface area contributed by atoms with Crippen LogP contribution in [0.1, 0.15) is 11.1 Å². The number of hydrogen-bond donors (Lipinski definition) is 0. The first-order valence-electron chi connectivity index (χ1n) is 15.9. The van der Waals surface area contributed by atoms with Crippen LogP contribution in [0.4, 0.5) is 0 Å². The van der Waals surface area contributed by atoms with Crippen molar-refractivity contribution in [3.63, 3.8) is 0 Å². The molecule has 0 radical (unpaired) electrons. The average Bonchev–Trinajstić information content (AvgIpc) is 3.67. The van der Waals surface area contributed by atoms with Crippen LogP contribution in [-0.4, -0.2) is 9.13 Å². The summed E-state index contributed by atoms with van der Waals surface area (Å²) in [7, 11) is 0. The minimum Gasteiger partial charge on any atom is -0.309 e. The van der Waals surface area contributed by atoms with Crippen molar-refractivity contribution in [3.05, 3.63) is 169 Å². The fourth-order valence-corrected chi connectivity index (χ4v) is 7.27. The van der Waals surface area contributed by atoms with Crippen molar-refractivity contribution >= 4 is 43.6 Å². The predicted molar refractivity (Wildman–Crippen MR) is 195 cm³/mol. The molecule has 0 amide bonds. The summed E-state index contributed by atoms with van der Waals surface area (Å²) in [5, 5.41) is 23.7. The quantitative estimate of drug-likeness (QED) is 0.199. The van der Waals surface area contributed by atoms with Crippen molar-refractivity contribution in [1.29, 1.82) is 10.5 Å². The molecule has 0 spiro atoms. The minimum atomic E-state index is 0.617. The van der Waals surface area contributed by atoms with E-state index in [-0.39, 0.29) is 0 Å². The number of rotatable bonds is 4. The molecule has 0 aliphatic carbocycles. The van der Waals surface area contributed by atoms with Crippen molar-refractivity contribution in [2.45, 2.75) is 0 Å². The zero-order valence-corrected chi connectivity index (χ0v) is 25.8. The lowest BCUT2D eigenvalue weighted by atomic mass is 9.92. The van der Waals surface area contributed by atoms with Gasteiger partial charge in [-0.05, 0) is 89.5 Å². The lowest BCUT2D eigenvalue weighted by Gasteiger charge is -2.17. The van der Waals surface area contributed by atoms with E-state index in [0.29, 0.717) is 11.1 Å². The Bertz CT molecular complexity index is 2750. The molecule has 4 nitrogen and oxygen atoms in total. The van der Waals surface area contributed by atoms with E-state index in [0.717, 1.165) is 55.4 Å². The van der Waals surface area contributed by atoms with Gasteiger partial charge in [-0.25, -0.2) is 0 Å². The molecular weight excluding hydrogens is 585 g/mol. The fraction of sp³-hybridized carbons (Fsp3) is 0. The highest BCUT2D eigenvalue weighted by atomic mass is 15.0. The molecule has 0 unspecified atom stereocenters. The molecule has 9 rings (SSSR count). The molecule has 0 bridgehead atoms. The van der Waals surface area contributed by atoms with Crippen LogP contribution in [0.25, 0.3) is 77.2 Å². The van der Waals surface area contributed by atoms with Gasteiger partial charge in [0.15, 0.2) is 0 Å². The van der Waals surface area contributed by atoms with Gasteiger partial charge in [0, 0.05) is 32.8 Å². The number of fused-ring (bicyclic) bond motifs is 6. The van der Waals surface area contributed by atoms with Crippen LogP contribution in [0.15, 0.2) is 158 Å². The Morgan fingerprint density at radius 2 is 0.896 bits per heavy atom. The maximum atomic E-state index is 9.79. The van der Waals surface area contributed by atoms with E-state index in [1.807, 2.05) is 42.5 Å². The van der Waals surface area contributed by atoms with Gasteiger partial charge in [0.2, 0.25) is 0 Å². The number of aromatic nitrogens is 2. The molecule has 4 heteroatoms. The molecule has 222 valence electrons. The summed E-state index contributed by atoms with van der Waals surface area (Å²) < 4.78 is 4.59. The van der Waals surface area contributed by atoms with E-state index in [2.05, 4.69) is 137 Å². The molecule has 0 aliphatic heterocycles. The van der Waals surface area contributed by atoms with Gasteiger partial charge in [-0.2, -0.15) is 10.5 Å². The third-order valence-electron chi connectivity index (χ3n) is 9.40. The molecule has 2 aromatic heterocycles. The number of nitriles is 2. The monoisotopic (exact) mass is 610 g/mol. The van der Waals surface area contributed by atoms with Crippen LogP contribution in [0.5, 0.6) is 0 Å². The lowest BCUT2D eigenvalue weighted by molar-refractivity contribution is 1.18. The molecule has 9 aromatic rings. The first kappa shape index (κ1) is 27.4. The summed E-state index contributed by atoms with van der Waals surface area (Å²) in [6.07, 6.45) is 0. The Balaban J connectivity index is 1.28. The zero-order valence-electron chi connectivity index (χ0n) is 25.8. The molecule has 0 saturated heterocycles. The van der Waals surface area contributed by atoms with E-state index in [9.17, 15) is 10.5 Å². The van der Waals surface area contributed by atoms with E-state index >= 15 is 0 Å². The summed E-state index contributed by atoms with van der Waals surface area (Å²) in [5.74, 6) is 0. The van der Waals surface area contributed by atoms with Crippen LogP contribution < -0.4 is 0 Å². The number of nitrogens with zero attached hydrogens (tertiary/aromatic N) is 4. The average molecular weight is 611 g/mol. The Kier molecular flexibility index (Phi) is 6.22. The van der Waals surface area contributed by atoms with Crippen molar-refractivity contribution in [1.82, 2.24) is 9.13 Å². The summed E-state index contributed by atoms with van der Waals surface area (Å²) in [4.78, 5) is 0. The molecule has 48 heavy (non-hydrogen) atoms. The topological polar surface area (TPSA) is 57.4 Å². The largest absolute Gasteiger partial charge is 0.309 e. The summed E-state index contributed by atoms with van der Waals surface area (Å²) in [6.45, 7) is 0. The molecular formula is C44H26N4. The summed E-state index contributed by atoms with van der Waals surface area (Å²) in [5.41, 5.74) is 12.2. The van der Waals surface area contributed by atoms with Gasteiger partial charge in [-0.15, -0.1) is 0 Å². The molecule has 0 saturated carbocycles. The molecule has 7 aromatic carbocycles. The second-order valence-electron chi connectivity index (χ2n) is 12.0. The second-order valence-corrected chi connectivity index (χ2v) is 12.0. The van der Waals surface area contributed by atoms with E-state index < -0.39 is 0 Å². The molecule has 2 heterocycles. The SMILES string of the molecule is N#Cc1ccc(-n2c3ccc(C#N)cc3c3cc(-c4ccccc4-c4ccccc4-n4c5ccccc5c5ccccc54)ccc32)cc1. The third-order valence-corrected chi connectivity index (χ3v) is 9.40. The Morgan fingerprint density at radius 3 is 1.58 bits per heavy atom. The van der Waals surface area contributed by atoms with Gasteiger partial charge in [-0.3, -0.25) is 0 Å². The maximum absolute atomic E-state index is 9.79. The van der Waals surface area contributed by atoms with E-state index in [4.69, 9.17) is 0 Å². The van der Waals surface area contributed by atoms with Crippen LogP contribution in [-0.2, 0) is 0 Å². The Morgan fingerprint density at radius 1 is 0.375 bits per heavy atom. The number of hydrogen-bond acceptors (Lipinski definition) is 2. The van der Waals surface area contributed by atoms with Gasteiger partial charge in [0.1, 0.15) is 0 Å². The van der Waals surface area contributed by atoms with Gasteiger partial charge in [0.05, 0.1) is 51.0 Å². The van der Waals surface area contributed by atoms with Gasteiger partial charge in [0.25, 0.3) is 0 Å². The zero-order chi connectivity index (χ0) is 32.2.